The minimum atomic E-state index is -3.23. The molecule has 0 saturated carbocycles. The summed E-state index contributed by atoms with van der Waals surface area (Å²) in [5, 5.41) is 1.15. The van der Waals surface area contributed by atoms with Gasteiger partial charge in [0, 0.05) is 0 Å². The van der Waals surface area contributed by atoms with Crippen LogP contribution in [0.2, 0.25) is 5.25 Å². The molecule has 0 aliphatic heterocycles. The molecule has 0 heterocycles. The van der Waals surface area contributed by atoms with Gasteiger partial charge in [-0.25, -0.2) is 0 Å². The van der Waals surface area contributed by atoms with Crippen molar-refractivity contribution < 1.29 is 3.76 Å². The van der Waals surface area contributed by atoms with Crippen molar-refractivity contribution in [2.75, 3.05) is 0 Å². The first-order chi connectivity index (χ1) is 13.6. The van der Waals surface area contributed by atoms with Gasteiger partial charge in [0.15, 0.2) is 0 Å². The van der Waals surface area contributed by atoms with Gasteiger partial charge in [0.25, 0.3) is 0 Å². The molecule has 2 rings (SSSR count). The summed E-state index contributed by atoms with van der Waals surface area (Å²) in [6.07, 6.45) is 1.17. The number of hydrogen-bond acceptors (Lipinski definition) is 1. The van der Waals surface area contributed by atoms with E-state index in [-0.39, 0.29) is 11.0 Å². The second kappa shape index (κ2) is 8.82. The molecule has 0 fully saturated rings. The first-order valence-electron chi connectivity index (χ1n) is 11.4. The van der Waals surface area contributed by atoms with E-state index in [0.29, 0.717) is 0 Å². The van der Waals surface area contributed by atoms with Gasteiger partial charge < -0.3 is 0 Å². The molecular formula is C28H44GeO. The summed E-state index contributed by atoms with van der Waals surface area (Å²) in [5.41, 5.74) is 8.40. The third-order valence-electron chi connectivity index (χ3n) is 5.87. The van der Waals surface area contributed by atoms with Crippen molar-refractivity contribution in [1.82, 2.24) is 0 Å². The summed E-state index contributed by atoms with van der Waals surface area (Å²) < 4.78 is 10.5. The Hall–Kier alpha value is -1.06. The van der Waals surface area contributed by atoms with Gasteiger partial charge in [-0.1, -0.05) is 0 Å². The Morgan fingerprint density at radius 1 is 0.633 bits per heavy atom. The van der Waals surface area contributed by atoms with Crippen molar-refractivity contribution in [2.45, 2.75) is 100 Å². The van der Waals surface area contributed by atoms with Crippen LogP contribution in [0.1, 0.15) is 81.3 Å². The molecule has 0 saturated heterocycles. The number of rotatable bonds is 5. The Bertz CT molecular complexity index is 806. The number of aryl methyl sites for hydroxylation is 6. The van der Waals surface area contributed by atoms with Gasteiger partial charge in [-0.15, -0.1) is 0 Å². The quantitative estimate of drug-likeness (QED) is 0.436. The van der Waals surface area contributed by atoms with E-state index in [1.165, 1.54) is 48.6 Å². The predicted molar refractivity (Wildman–Crippen MR) is 136 cm³/mol. The van der Waals surface area contributed by atoms with Gasteiger partial charge in [0.2, 0.25) is 0 Å². The molecule has 0 radical (unpaired) electrons. The Kier molecular flexibility index (Phi) is 7.41. The summed E-state index contributed by atoms with van der Waals surface area (Å²) in [4.78, 5) is 0. The van der Waals surface area contributed by atoms with E-state index in [1.54, 1.807) is 0 Å². The van der Waals surface area contributed by atoms with Gasteiger partial charge in [-0.3, -0.25) is 0 Å². The predicted octanol–water partition coefficient (Wildman–Crippen LogP) is 6.85. The zero-order valence-electron chi connectivity index (χ0n) is 21.6. The molecule has 30 heavy (non-hydrogen) atoms. The molecule has 0 N–H and O–H groups in total. The summed E-state index contributed by atoms with van der Waals surface area (Å²) >= 11 is -3.23. The fourth-order valence-electron chi connectivity index (χ4n) is 5.24. The zero-order valence-corrected chi connectivity index (χ0v) is 23.7. The van der Waals surface area contributed by atoms with Crippen LogP contribution in [0.3, 0.4) is 0 Å². The van der Waals surface area contributed by atoms with Crippen molar-refractivity contribution in [1.29, 1.82) is 0 Å². The van der Waals surface area contributed by atoms with Crippen LogP contribution in [-0.2, 0) is 3.76 Å². The molecule has 0 amide bonds. The number of hydrogen-bond donors (Lipinski definition) is 0. The summed E-state index contributed by atoms with van der Waals surface area (Å²) in [5.74, 6) is 0. The van der Waals surface area contributed by atoms with Gasteiger partial charge in [-0.05, 0) is 0 Å². The van der Waals surface area contributed by atoms with Crippen molar-refractivity contribution in [3.8, 4) is 0 Å². The van der Waals surface area contributed by atoms with Crippen LogP contribution in [-0.4, -0.2) is 19.2 Å². The molecule has 0 atom stereocenters. The molecule has 1 nitrogen and oxygen atoms in total. The fourth-order valence-corrected chi connectivity index (χ4v) is 17.9. The Balaban J connectivity index is 2.97. The third kappa shape index (κ3) is 5.79. The second-order valence-corrected chi connectivity index (χ2v) is 18.7. The molecule has 0 aromatic heterocycles. The molecule has 0 unspecified atom stereocenters. The van der Waals surface area contributed by atoms with Crippen LogP contribution in [0.4, 0.5) is 0 Å². The first-order valence-corrected chi connectivity index (χ1v) is 15.9. The van der Waals surface area contributed by atoms with Gasteiger partial charge in [0.1, 0.15) is 0 Å². The van der Waals surface area contributed by atoms with Gasteiger partial charge >= 0.3 is 190 Å². The van der Waals surface area contributed by atoms with E-state index in [0.717, 1.165) is 5.25 Å². The topological polar surface area (TPSA) is 9.23 Å². The molecule has 2 heteroatoms. The molecular weight excluding hydrogens is 425 g/mol. The van der Waals surface area contributed by atoms with Crippen LogP contribution >= 0.6 is 0 Å². The van der Waals surface area contributed by atoms with E-state index in [9.17, 15) is 0 Å². The third-order valence-corrected chi connectivity index (χ3v) is 16.6. The first kappa shape index (κ1) is 25.2. The average Bonchev–Trinajstić information content (AvgIpc) is 2.48. The molecule has 0 bridgehead atoms. The zero-order chi connectivity index (χ0) is 23.1. The second-order valence-electron chi connectivity index (χ2n) is 11.6. The van der Waals surface area contributed by atoms with E-state index in [1.807, 2.05) is 0 Å². The van der Waals surface area contributed by atoms with Crippen molar-refractivity contribution in [3.63, 3.8) is 0 Å². The molecule has 0 spiro atoms. The molecule has 166 valence electrons. The van der Waals surface area contributed by atoms with Crippen molar-refractivity contribution in [3.05, 3.63) is 57.6 Å². The molecule has 0 aliphatic carbocycles. The Morgan fingerprint density at radius 3 is 1.23 bits per heavy atom. The van der Waals surface area contributed by atoms with E-state index >= 15 is 0 Å². The maximum absolute atomic E-state index is 7.38. The average molecular weight is 469 g/mol. The summed E-state index contributed by atoms with van der Waals surface area (Å²) in [7, 11) is 0. The van der Waals surface area contributed by atoms with Crippen LogP contribution in [0.15, 0.2) is 24.3 Å². The summed E-state index contributed by atoms with van der Waals surface area (Å²) in [6.45, 7) is 27.4. The van der Waals surface area contributed by atoms with Gasteiger partial charge in [-0.2, -0.15) is 0 Å². The van der Waals surface area contributed by atoms with E-state index < -0.39 is 13.6 Å². The monoisotopic (exact) mass is 470 g/mol. The van der Waals surface area contributed by atoms with Gasteiger partial charge in [0.05, 0.1) is 0 Å². The minimum absolute atomic E-state index is 0.189. The van der Waals surface area contributed by atoms with E-state index in [2.05, 4.69) is 107 Å². The normalized spacial score (nSPS) is 13.1. The van der Waals surface area contributed by atoms with Crippen molar-refractivity contribution >= 4 is 22.4 Å². The molecule has 0 aliphatic rings. The number of benzene rings is 2. The van der Waals surface area contributed by atoms with E-state index in [4.69, 9.17) is 3.76 Å². The van der Waals surface area contributed by atoms with Crippen LogP contribution in [0.25, 0.3) is 0 Å². The van der Waals surface area contributed by atoms with Crippen LogP contribution in [0, 0.1) is 47.0 Å². The maximum atomic E-state index is 7.38. The molecule has 2 aromatic rings. The summed E-state index contributed by atoms with van der Waals surface area (Å²) in [6, 6.07) is 9.46. The Labute approximate surface area is 189 Å². The Morgan fingerprint density at radius 2 is 0.967 bits per heavy atom. The standard InChI is InChI=1S/C28H44GeO/c1-19-15-21(3)25(22(4)16-19)29(30-28(10,11)12,14-13-27(7,8)9)26-23(5)17-20(2)18-24(26)6/h15-18H,13-14H2,1-12H3. The van der Waals surface area contributed by atoms with Crippen LogP contribution in [0.5, 0.6) is 0 Å². The van der Waals surface area contributed by atoms with Crippen molar-refractivity contribution in [2.24, 2.45) is 5.41 Å². The van der Waals surface area contributed by atoms with Crippen LogP contribution < -0.4 is 8.79 Å². The fraction of sp³-hybridized carbons (Fsp3) is 0.571. The molecule has 2 aromatic carbocycles. The SMILES string of the molecule is Cc1cc(C)[c]([Ge]([CH2]CC(C)(C)C)([O]C(C)(C)C)[c]2c(C)cc(C)cc2C)c(C)c1.